The summed E-state index contributed by atoms with van der Waals surface area (Å²) in [5.74, 6) is 0.0376. The Bertz CT molecular complexity index is 690. The Morgan fingerprint density at radius 2 is 2.21 bits per heavy atom. The van der Waals surface area contributed by atoms with Gasteiger partial charge in [-0.2, -0.15) is 0 Å². The van der Waals surface area contributed by atoms with Crippen LogP contribution in [0.15, 0.2) is 54.2 Å². The van der Waals surface area contributed by atoms with E-state index < -0.39 is 0 Å². The molecular formula is C16H16N2O. The predicted molar refractivity (Wildman–Crippen MR) is 79.7 cm³/mol. The number of pyridine rings is 1. The van der Waals surface area contributed by atoms with Crippen molar-refractivity contribution in [2.24, 2.45) is 4.99 Å². The standard InChI is InChI=1S/C16H16N2O/c1-4-9-17-14(5-2)13-11-16(12(3)19)18-10-7-6-8-15(13)18/h4-11H,1H2,2-3H3/b14-5-,17-9?. The van der Waals surface area contributed by atoms with Crippen molar-refractivity contribution in [2.75, 3.05) is 0 Å². The molecule has 0 spiro atoms. The zero-order valence-corrected chi connectivity index (χ0v) is 11.1. The molecule has 0 aliphatic heterocycles. The minimum Gasteiger partial charge on any atom is -0.313 e. The molecule has 3 nitrogen and oxygen atoms in total. The molecule has 0 atom stereocenters. The highest BCUT2D eigenvalue weighted by atomic mass is 16.1. The number of rotatable bonds is 4. The lowest BCUT2D eigenvalue weighted by molar-refractivity contribution is 0.101. The minimum atomic E-state index is 0.0376. The second-order valence-corrected chi connectivity index (χ2v) is 4.14. The number of fused-ring (bicyclic) bond motifs is 1. The summed E-state index contributed by atoms with van der Waals surface area (Å²) in [4.78, 5) is 16.0. The number of Topliss-reactive ketones (excluding diaryl/α,β-unsaturated/α-hetero) is 1. The highest BCUT2D eigenvalue weighted by molar-refractivity contribution is 5.97. The fourth-order valence-electron chi connectivity index (χ4n) is 2.06. The fraction of sp³-hybridized carbons (Fsp3) is 0.125. The van der Waals surface area contributed by atoms with E-state index in [2.05, 4.69) is 11.6 Å². The predicted octanol–water partition coefficient (Wildman–Crippen LogP) is 3.76. The summed E-state index contributed by atoms with van der Waals surface area (Å²) >= 11 is 0. The highest BCUT2D eigenvalue weighted by Gasteiger charge is 2.13. The molecule has 0 N–H and O–H groups in total. The third-order valence-corrected chi connectivity index (χ3v) is 2.91. The van der Waals surface area contributed by atoms with Crippen molar-refractivity contribution in [3.63, 3.8) is 0 Å². The van der Waals surface area contributed by atoms with Gasteiger partial charge in [-0.15, -0.1) is 0 Å². The van der Waals surface area contributed by atoms with Crippen LogP contribution in [0.1, 0.15) is 29.9 Å². The van der Waals surface area contributed by atoms with Gasteiger partial charge in [-0.25, -0.2) is 0 Å². The molecule has 0 saturated heterocycles. The zero-order valence-electron chi connectivity index (χ0n) is 11.1. The van der Waals surface area contributed by atoms with E-state index in [1.165, 1.54) is 0 Å². The van der Waals surface area contributed by atoms with Crippen molar-refractivity contribution < 1.29 is 4.79 Å². The van der Waals surface area contributed by atoms with Crippen molar-refractivity contribution in [3.8, 4) is 0 Å². The first-order valence-corrected chi connectivity index (χ1v) is 6.11. The number of hydrogen-bond donors (Lipinski definition) is 0. The van der Waals surface area contributed by atoms with Gasteiger partial charge < -0.3 is 4.40 Å². The molecule has 0 aliphatic rings. The van der Waals surface area contributed by atoms with Crippen LogP contribution in [-0.2, 0) is 0 Å². The summed E-state index contributed by atoms with van der Waals surface area (Å²) in [5, 5.41) is 0. The van der Waals surface area contributed by atoms with Crippen molar-refractivity contribution in [3.05, 3.63) is 60.5 Å². The van der Waals surface area contributed by atoms with E-state index in [0.29, 0.717) is 5.69 Å². The van der Waals surface area contributed by atoms with Crippen molar-refractivity contribution >= 4 is 23.2 Å². The maximum absolute atomic E-state index is 11.7. The summed E-state index contributed by atoms with van der Waals surface area (Å²) in [6, 6.07) is 7.72. The molecule has 0 radical (unpaired) electrons. The van der Waals surface area contributed by atoms with Crippen molar-refractivity contribution in [1.29, 1.82) is 0 Å². The van der Waals surface area contributed by atoms with E-state index in [0.717, 1.165) is 16.8 Å². The van der Waals surface area contributed by atoms with Gasteiger partial charge in [0.1, 0.15) is 0 Å². The lowest BCUT2D eigenvalue weighted by atomic mass is 10.1. The van der Waals surface area contributed by atoms with Crippen LogP contribution in [-0.4, -0.2) is 16.4 Å². The Kier molecular flexibility index (Phi) is 3.76. The van der Waals surface area contributed by atoms with Crippen LogP contribution in [0.25, 0.3) is 11.2 Å². The van der Waals surface area contributed by atoms with Crippen molar-refractivity contribution in [1.82, 2.24) is 4.40 Å². The minimum absolute atomic E-state index is 0.0376. The maximum Gasteiger partial charge on any atom is 0.176 e. The van der Waals surface area contributed by atoms with Crippen molar-refractivity contribution in [2.45, 2.75) is 13.8 Å². The molecule has 2 aromatic heterocycles. The van der Waals surface area contributed by atoms with Gasteiger partial charge in [0.2, 0.25) is 0 Å². The number of carbonyl (C=O) groups excluding carboxylic acids is 1. The molecule has 0 aromatic carbocycles. The lowest BCUT2D eigenvalue weighted by Gasteiger charge is -2.00. The Hall–Kier alpha value is -2.42. The average Bonchev–Trinajstić information content (AvgIpc) is 2.80. The summed E-state index contributed by atoms with van der Waals surface area (Å²) < 4.78 is 1.89. The van der Waals surface area contributed by atoms with Crippen LogP contribution in [0.3, 0.4) is 0 Å². The maximum atomic E-state index is 11.7. The first-order chi connectivity index (χ1) is 9.19. The van der Waals surface area contributed by atoms with Gasteiger partial charge in [-0.05, 0) is 25.1 Å². The summed E-state index contributed by atoms with van der Waals surface area (Å²) in [7, 11) is 0. The summed E-state index contributed by atoms with van der Waals surface area (Å²) in [6.45, 7) is 7.12. The zero-order chi connectivity index (χ0) is 13.8. The molecule has 96 valence electrons. The van der Waals surface area contributed by atoms with E-state index in [9.17, 15) is 4.79 Å². The van der Waals surface area contributed by atoms with E-state index in [1.807, 2.05) is 47.9 Å². The lowest BCUT2D eigenvalue weighted by Crippen LogP contribution is -1.96. The number of allylic oxidation sites excluding steroid dienone is 2. The topological polar surface area (TPSA) is 33.8 Å². The van der Waals surface area contributed by atoms with Gasteiger partial charge >= 0.3 is 0 Å². The highest BCUT2D eigenvalue weighted by Crippen LogP contribution is 2.25. The Labute approximate surface area is 112 Å². The third-order valence-electron chi connectivity index (χ3n) is 2.91. The van der Waals surface area contributed by atoms with E-state index in [4.69, 9.17) is 0 Å². The van der Waals surface area contributed by atoms with Crippen LogP contribution in [0.4, 0.5) is 0 Å². The van der Waals surface area contributed by atoms with Crippen LogP contribution >= 0.6 is 0 Å². The summed E-state index contributed by atoms with van der Waals surface area (Å²) in [5.41, 5.74) is 3.42. The number of hydrogen-bond acceptors (Lipinski definition) is 2. The van der Waals surface area contributed by atoms with Gasteiger partial charge in [-0.3, -0.25) is 9.79 Å². The molecule has 2 heterocycles. The molecule has 2 rings (SSSR count). The molecule has 0 aliphatic carbocycles. The molecule has 0 fully saturated rings. The van der Waals surface area contributed by atoms with Gasteiger partial charge in [0.15, 0.2) is 5.78 Å². The van der Waals surface area contributed by atoms with Crippen LogP contribution < -0.4 is 0 Å². The Morgan fingerprint density at radius 3 is 2.84 bits per heavy atom. The van der Waals surface area contributed by atoms with Crippen LogP contribution in [0.2, 0.25) is 0 Å². The van der Waals surface area contributed by atoms with E-state index >= 15 is 0 Å². The second-order valence-electron chi connectivity index (χ2n) is 4.14. The van der Waals surface area contributed by atoms with E-state index in [-0.39, 0.29) is 5.78 Å². The normalized spacial score (nSPS) is 12.2. The third kappa shape index (κ3) is 2.40. The molecule has 0 amide bonds. The largest absolute Gasteiger partial charge is 0.313 e. The Balaban J connectivity index is 2.70. The van der Waals surface area contributed by atoms with Gasteiger partial charge in [0.05, 0.1) is 16.9 Å². The van der Waals surface area contributed by atoms with Crippen LogP contribution in [0, 0.1) is 0 Å². The average molecular weight is 252 g/mol. The number of ketones is 1. The number of carbonyl (C=O) groups is 1. The molecule has 3 heteroatoms. The molecular weight excluding hydrogens is 236 g/mol. The van der Waals surface area contributed by atoms with Gasteiger partial charge in [0, 0.05) is 24.9 Å². The SMILES string of the molecule is C=CC=N/C(=C\C)c1cc(C(C)=O)n2ccccc12. The molecule has 19 heavy (non-hydrogen) atoms. The monoisotopic (exact) mass is 252 g/mol. The molecule has 0 saturated carbocycles. The number of nitrogens with zero attached hydrogens (tertiary/aromatic N) is 2. The Morgan fingerprint density at radius 1 is 1.42 bits per heavy atom. The first-order valence-electron chi connectivity index (χ1n) is 6.11. The molecule has 2 aromatic rings. The fourth-order valence-corrected chi connectivity index (χ4v) is 2.06. The molecule has 0 bridgehead atoms. The first kappa shape index (κ1) is 13.0. The number of aliphatic imine (C=N–C) groups is 1. The molecule has 0 unspecified atom stereocenters. The van der Waals surface area contributed by atoms with Crippen LogP contribution in [0.5, 0.6) is 0 Å². The second kappa shape index (κ2) is 5.48. The quantitative estimate of drug-likeness (QED) is 0.602. The van der Waals surface area contributed by atoms with E-state index in [1.54, 1.807) is 19.2 Å². The summed E-state index contributed by atoms with van der Waals surface area (Å²) in [6.07, 6.45) is 7.09. The number of aromatic nitrogens is 1. The van der Waals surface area contributed by atoms with Gasteiger partial charge in [-0.1, -0.05) is 24.8 Å². The smallest absolute Gasteiger partial charge is 0.176 e. The van der Waals surface area contributed by atoms with Gasteiger partial charge in [0.25, 0.3) is 0 Å².